The first-order valence-electron chi connectivity index (χ1n) is 11.7. The molecule has 34 heavy (non-hydrogen) atoms. The molecule has 2 aromatic heterocycles. The number of rotatable bonds is 8. The molecule has 1 fully saturated rings. The first-order valence-corrected chi connectivity index (χ1v) is 11.7. The summed E-state index contributed by atoms with van der Waals surface area (Å²) in [5.74, 6) is -0.152. The van der Waals surface area contributed by atoms with Crippen molar-refractivity contribution in [1.29, 1.82) is 0 Å². The first-order chi connectivity index (χ1) is 16.4. The second-order valence-corrected chi connectivity index (χ2v) is 8.78. The van der Waals surface area contributed by atoms with Crippen LogP contribution in [0.15, 0.2) is 55.0 Å². The molecular weight excluding hydrogens is 443 g/mol. The third kappa shape index (κ3) is 6.01. The Morgan fingerprint density at radius 3 is 2.44 bits per heavy atom. The van der Waals surface area contributed by atoms with E-state index in [-0.39, 0.29) is 18.4 Å². The highest BCUT2D eigenvalue weighted by Gasteiger charge is 2.39. The number of alkyl halides is 3. The van der Waals surface area contributed by atoms with Crippen molar-refractivity contribution in [2.45, 2.75) is 57.0 Å². The summed E-state index contributed by atoms with van der Waals surface area (Å²) in [5, 5.41) is 6.29. The van der Waals surface area contributed by atoms with Gasteiger partial charge in [-0.05, 0) is 30.4 Å². The molecule has 180 valence electrons. The Morgan fingerprint density at radius 2 is 1.76 bits per heavy atom. The third-order valence-electron chi connectivity index (χ3n) is 6.41. The largest absolute Gasteiger partial charge is 0.435 e. The van der Waals surface area contributed by atoms with Crippen molar-refractivity contribution in [3.8, 4) is 5.95 Å². The Hall–Kier alpha value is -3.23. The number of benzene rings is 1. The van der Waals surface area contributed by atoms with E-state index in [0.29, 0.717) is 5.92 Å². The van der Waals surface area contributed by atoms with Crippen LogP contribution in [-0.2, 0) is 6.18 Å². The molecule has 1 aliphatic rings. The van der Waals surface area contributed by atoms with Crippen LogP contribution in [0.2, 0.25) is 0 Å². The Labute approximate surface area is 196 Å². The lowest BCUT2D eigenvalue weighted by Gasteiger charge is -2.25. The molecule has 4 rings (SSSR count). The minimum Gasteiger partial charge on any atom is -0.351 e. The fourth-order valence-electron chi connectivity index (χ4n) is 4.60. The first kappa shape index (κ1) is 23.9. The van der Waals surface area contributed by atoms with Gasteiger partial charge in [-0.25, -0.2) is 14.6 Å². The van der Waals surface area contributed by atoms with Gasteiger partial charge in [0.15, 0.2) is 5.69 Å². The minimum absolute atomic E-state index is 0.0221. The summed E-state index contributed by atoms with van der Waals surface area (Å²) in [7, 11) is 0. The summed E-state index contributed by atoms with van der Waals surface area (Å²) in [5.41, 5.74) is -0.724. The highest BCUT2D eigenvalue weighted by atomic mass is 19.4. The maximum Gasteiger partial charge on any atom is 0.435 e. The van der Waals surface area contributed by atoms with Crippen LogP contribution in [-0.4, -0.2) is 32.2 Å². The standard InChI is InChI=1S/C25H28F3N5O/c26-25(27,28)22-21(17-33(32-22)24-29-14-7-15-30-24)23(34)31-16-20(19-10-5-2-6-11-19)13-12-18-8-3-1-4-9-18/h2,5-7,10-11,14-15,17-18,20H,1,3-4,8-9,12-13,16H2,(H,31,34). The highest BCUT2D eigenvalue weighted by Crippen LogP contribution is 2.33. The van der Waals surface area contributed by atoms with E-state index < -0.39 is 23.3 Å². The van der Waals surface area contributed by atoms with E-state index in [1.54, 1.807) is 6.07 Å². The molecule has 0 aliphatic heterocycles. The summed E-state index contributed by atoms with van der Waals surface area (Å²) in [4.78, 5) is 20.7. The number of carbonyl (C=O) groups is 1. The molecule has 1 atom stereocenters. The molecule has 1 unspecified atom stereocenters. The van der Waals surface area contributed by atoms with E-state index in [4.69, 9.17) is 0 Å². The Balaban J connectivity index is 1.50. The van der Waals surface area contributed by atoms with E-state index >= 15 is 0 Å². The molecule has 6 nitrogen and oxygen atoms in total. The van der Waals surface area contributed by atoms with Crippen molar-refractivity contribution in [1.82, 2.24) is 25.1 Å². The van der Waals surface area contributed by atoms with E-state index in [1.807, 2.05) is 30.3 Å². The number of nitrogens with zero attached hydrogens (tertiary/aromatic N) is 4. The summed E-state index contributed by atoms with van der Waals surface area (Å²) in [6, 6.07) is 11.4. The molecule has 1 N–H and O–H groups in total. The average molecular weight is 472 g/mol. The predicted molar refractivity (Wildman–Crippen MR) is 121 cm³/mol. The number of hydrogen-bond acceptors (Lipinski definition) is 4. The highest BCUT2D eigenvalue weighted by molar-refractivity contribution is 5.95. The molecule has 1 amide bonds. The second kappa shape index (κ2) is 10.8. The second-order valence-electron chi connectivity index (χ2n) is 8.78. The van der Waals surface area contributed by atoms with Gasteiger partial charge in [-0.1, -0.05) is 62.4 Å². The SMILES string of the molecule is O=C(NCC(CCC1CCCCC1)c1ccccc1)c1cn(-c2ncccn2)nc1C(F)(F)F. The normalized spacial score (nSPS) is 15.7. The van der Waals surface area contributed by atoms with Gasteiger partial charge < -0.3 is 5.32 Å². The van der Waals surface area contributed by atoms with E-state index in [1.165, 1.54) is 44.5 Å². The van der Waals surface area contributed by atoms with Crippen LogP contribution < -0.4 is 5.32 Å². The van der Waals surface area contributed by atoms with Crippen LogP contribution in [0, 0.1) is 5.92 Å². The Morgan fingerprint density at radius 1 is 1.06 bits per heavy atom. The molecule has 0 saturated heterocycles. The van der Waals surface area contributed by atoms with Crippen molar-refractivity contribution in [2.75, 3.05) is 6.54 Å². The van der Waals surface area contributed by atoms with Crippen molar-refractivity contribution >= 4 is 5.91 Å². The quantitative estimate of drug-likeness (QED) is 0.467. The molecule has 0 bridgehead atoms. The molecule has 1 aromatic carbocycles. The zero-order chi connectivity index (χ0) is 24.0. The van der Waals surface area contributed by atoms with Gasteiger partial charge in [0.25, 0.3) is 5.91 Å². The van der Waals surface area contributed by atoms with Crippen molar-refractivity contribution in [2.24, 2.45) is 5.92 Å². The van der Waals surface area contributed by atoms with Crippen LogP contribution in [0.5, 0.6) is 0 Å². The van der Waals surface area contributed by atoms with E-state index in [0.717, 1.165) is 29.3 Å². The van der Waals surface area contributed by atoms with E-state index in [9.17, 15) is 18.0 Å². The molecule has 1 saturated carbocycles. The van der Waals surface area contributed by atoms with Gasteiger partial charge in [0, 0.05) is 31.1 Å². The number of nitrogens with one attached hydrogen (secondary N) is 1. The summed E-state index contributed by atoms with van der Waals surface area (Å²) in [6.45, 7) is 0.250. The maximum absolute atomic E-state index is 13.6. The maximum atomic E-state index is 13.6. The summed E-state index contributed by atoms with van der Waals surface area (Å²) >= 11 is 0. The topological polar surface area (TPSA) is 72.7 Å². The van der Waals surface area contributed by atoms with Crippen LogP contribution in [0.1, 0.15) is 72.5 Å². The lowest BCUT2D eigenvalue weighted by atomic mass is 9.83. The number of halogens is 3. The van der Waals surface area contributed by atoms with Crippen LogP contribution >= 0.6 is 0 Å². The predicted octanol–water partition coefficient (Wildman–Crippen LogP) is 5.56. The average Bonchev–Trinajstić information content (AvgIpc) is 3.32. The molecule has 0 spiro atoms. The van der Waals surface area contributed by atoms with Gasteiger partial charge in [0.1, 0.15) is 0 Å². The third-order valence-corrected chi connectivity index (χ3v) is 6.41. The molecule has 3 aromatic rings. The van der Waals surface area contributed by atoms with Crippen LogP contribution in [0.4, 0.5) is 13.2 Å². The van der Waals surface area contributed by atoms with Crippen LogP contribution in [0.3, 0.4) is 0 Å². The van der Waals surface area contributed by atoms with Crippen molar-refractivity contribution < 1.29 is 18.0 Å². The zero-order valence-corrected chi connectivity index (χ0v) is 18.8. The molecule has 0 radical (unpaired) electrons. The lowest BCUT2D eigenvalue weighted by Crippen LogP contribution is -2.30. The van der Waals surface area contributed by atoms with Crippen molar-refractivity contribution in [3.05, 3.63) is 71.8 Å². The summed E-state index contributed by atoms with van der Waals surface area (Å²) < 4.78 is 41.8. The summed E-state index contributed by atoms with van der Waals surface area (Å²) in [6.07, 6.45) is 7.22. The number of carbonyl (C=O) groups excluding carboxylic acids is 1. The van der Waals surface area contributed by atoms with Gasteiger partial charge in [-0.2, -0.15) is 18.3 Å². The number of hydrogen-bond donors (Lipinski definition) is 1. The number of amides is 1. The molecule has 2 heterocycles. The number of aromatic nitrogens is 4. The van der Waals surface area contributed by atoms with Gasteiger partial charge in [0.2, 0.25) is 5.95 Å². The molecular formula is C25H28F3N5O. The fourth-order valence-corrected chi connectivity index (χ4v) is 4.60. The Kier molecular flexibility index (Phi) is 7.59. The van der Waals surface area contributed by atoms with Gasteiger partial charge in [0.05, 0.1) is 5.56 Å². The van der Waals surface area contributed by atoms with E-state index in [2.05, 4.69) is 20.4 Å². The van der Waals surface area contributed by atoms with Gasteiger partial charge in [-0.15, -0.1) is 0 Å². The van der Waals surface area contributed by atoms with Gasteiger partial charge >= 0.3 is 6.18 Å². The smallest absolute Gasteiger partial charge is 0.351 e. The van der Waals surface area contributed by atoms with Crippen LogP contribution in [0.25, 0.3) is 5.95 Å². The minimum atomic E-state index is -4.79. The van der Waals surface area contributed by atoms with Crippen molar-refractivity contribution in [3.63, 3.8) is 0 Å². The Bertz CT molecular complexity index is 1060. The molecule has 9 heteroatoms. The van der Waals surface area contributed by atoms with Gasteiger partial charge in [-0.3, -0.25) is 4.79 Å². The fraction of sp³-hybridized carbons (Fsp3) is 0.440. The monoisotopic (exact) mass is 471 g/mol. The molecule has 1 aliphatic carbocycles. The zero-order valence-electron chi connectivity index (χ0n) is 18.8. The lowest BCUT2D eigenvalue weighted by molar-refractivity contribution is -0.141.